The first kappa shape index (κ1) is 25.7. The van der Waals surface area contributed by atoms with E-state index in [0.29, 0.717) is 22.9 Å². The highest BCUT2D eigenvalue weighted by Crippen LogP contribution is 2.64. The van der Waals surface area contributed by atoms with Gasteiger partial charge in [0.1, 0.15) is 11.5 Å². The van der Waals surface area contributed by atoms with Crippen LogP contribution in [0.15, 0.2) is 41.2 Å². The number of halogens is 4. The summed E-state index contributed by atoms with van der Waals surface area (Å²) in [6.07, 6.45) is 13.1. The van der Waals surface area contributed by atoms with Crippen molar-refractivity contribution in [1.29, 1.82) is 0 Å². The number of fused-ring (bicyclic) bond motifs is 2. The Bertz CT molecular complexity index is 1370. The summed E-state index contributed by atoms with van der Waals surface area (Å²) in [6.45, 7) is 3.73. The first-order valence-electron chi connectivity index (χ1n) is 13.5. The molecule has 1 aromatic carbocycles. The third-order valence-corrected chi connectivity index (χ3v) is 9.36. The van der Waals surface area contributed by atoms with Crippen LogP contribution in [0.1, 0.15) is 90.9 Å². The first-order chi connectivity index (χ1) is 18.1. The van der Waals surface area contributed by atoms with E-state index in [-0.39, 0.29) is 10.8 Å². The van der Waals surface area contributed by atoms with E-state index in [9.17, 15) is 13.2 Å². The molecule has 2 heterocycles. The molecule has 3 aromatic rings. The van der Waals surface area contributed by atoms with Crippen molar-refractivity contribution >= 4 is 17.7 Å². The zero-order valence-electron chi connectivity index (χ0n) is 21.8. The number of hydrogen-bond donors (Lipinski definition) is 0. The first-order valence-corrected chi connectivity index (χ1v) is 13.9. The summed E-state index contributed by atoms with van der Waals surface area (Å²) in [5.74, 6) is 1.36. The van der Waals surface area contributed by atoms with Crippen LogP contribution in [0.5, 0.6) is 0 Å². The van der Waals surface area contributed by atoms with Crippen molar-refractivity contribution in [3.8, 4) is 11.3 Å². The minimum absolute atomic E-state index is 0.121. The van der Waals surface area contributed by atoms with Gasteiger partial charge in [0.05, 0.1) is 10.6 Å². The van der Waals surface area contributed by atoms with Crippen LogP contribution in [0.2, 0.25) is 5.02 Å². The lowest BCUT2D eigenvalue weighted by Crippen LogP contribution is -2.15. The van der Waals surface area contributed by atoms with Gasteiger partial charge in [-0.25, -0.2) is 0 Å². The predicted molar refractivity (Wildman–Crippen MR) is 143 cm³/mol. The molecule has 3 nitrogen and oxygen atoms in total. The lowest BCUT2D eigenvalue weighted by molar-refractivity contribution is -0.137. The molecule has 38 heavy (non-hydrogen) atoms. The second-order valence-corrected chi connectivity index (χ2v) is 12.4. The zero-order chi connectivity index (χ0) is 26.7. The summed E-state index contributed by atoms with van der Waals surface area (Å²) < 4.78 is 45.8. The maximum atomic E-state index is 13.3. The van der Waals surface area contributed by atoms with E-state index in [2.05, 4.69) is 22.3 Å². The van der Waals surface area contributed by atoms with Gasteiger partial charge in [0, 0.05) is 29.4 Å². The Kier molecular flexibility index (Phi) is 6.25. The number of benzene rings is 1. The summed E-state index contributed by atoms with van der Waals surface area (Å²) in [4.78, 5) is 4.20. The molecule has 0 unspecified atom stereocenters. The molecule has 200 valence electrons. The highest BCUT2D eigenvalue weighted by molar-refractivity contribution is 6.33. The summed E-state index contributed by atoms with van der Waals surface area (Å²) in [5, 5.41) is 5.03. The van der Waals surface area contributed by atoms with Crippen molar-refractivity contribution in [2.45, 2.75) is 83.7 Å². The monoisotopic (exact) mass is 540 g/mol. The van der Waals surface area contributed by atoms with Gasteiger partial charge in [-0.1, -0.05) is 40.5 Å². The van der Waals surface area contributed by atoms with Crippen LogP contribution in [0.3, 0.4) is 0 Å². The Hall–Kier alpha value is -2.60. The lowest BCUT2D eigenvalue weighted by atomic mass is 9.78. The second kappa shape index (κ2) is 9.25. The van der Waals surface area contributed by atoms with Gasteiger partial charge >= 0.3 is 6.18 Å². The zero-order valence-corrected chi connectivity index (χ0v) is 22.6. The Labute approximate surface area is 226 Å². The van der Waals surface area contributed by atoms with Crippen molar-refractivity contribution in [3.05, 3.63) is 75.3 Å². The third kappa shape index (κ3) is 4.81. The molecule has 7 heteroatoms. The molecular formula is C31H32ClF3N2O. The van der Waals surface area contributed by atoms with E-state index in [1.54, 1.807) is 19.3 Å². The molecule has 6 rings (SSSR count). The maximum absolute atomic E-state index is 13.3. The van der Waals surface area contributed by atoms with E-state index in [0.717, 1.165) is 85.1 Å². The molecular weight excluding hydrogens is 509 g/mol. The van der Waals surface area contributed by atoms with Gasteiger partial charge < -0.3 is 4.52 Å². The molecule has 3 fully saturated rings. The van der Waals surface area contributed by atoms with Crippen LogP contribution in [-0.4, -0.2) is 10.1 Å². The lowest BCUT2D eigenvalue weighted by Gasteiger charge is -2.27. The van der Waals surface area contributed by atoms with Gasteiger partial charge in [-0.2, -0.15) is 13.2 Å². The van der Waals surface area contributed by atoms with Crippen molar-refractivity contribution in [3.63, 3.8) is 0 Å². The number of aryl methyl sites for hydroxylation is 3. The highest BCUT2D eigenvalue weighted by atomic mass is 35.5. The van der Waals surface area contributed by atoms with Crippen molar-refractivity contribution in [2.75, 3.05) is 0 Å². The van der Waals surface area contributed by atoms with Crippen molar-refractivity contribution in [2.24, 2.45) is 10.8 Å². The van der Waals surface area contributed by atoms with Gasteiger partial charge in [0.15, 0.2) is 0 Å². The van der Waals surface area contributed by atoms with Gasteiger partial charge in [0.2, 0.25) is 0 Å². The van der Waals surface area contributed by atoms with Crippen LogP contribution < -0.4 is 0 Å². The number of allylic oxidation sites excluding steroid dienone is 1. The van der Waals surface area contributed by atoms with Crippen LogP contribution in [0.4, 0.5) is 13.2 Å². The summed E-state index contributed by atoms with van der Waals surface area (Å²) in [6, 6.07) is 4.47. The fourth-order valence-corrected chi connectivity index (χ4v) is 7.20. The molecule has 3 aliphatic carbocycles. The van der Waals surface area contributed by atoms with Gasteiger partial charge in [-0.3, -0.25) is 4.98 Å². The fraction of sp³-hybridized carbons (Fsp3) is 0.484. The largest absolute Gasteiger partial charge is 0.416 e. The molecule has 0 atom stereocenters. The Balaban J connectivity index is 1.22. The van der Waals surface area contributed by atoms with E-state index >= 15 is 0 Å². The number of hydrogen-bond acceptors (Lipinski definition) is 3. The Morgan fingerprint density at radius 3 is 2.53 bits per heavy atom. The molecule has 0 radical (unpaired) electrons. The summed E-state index contributed by atoms with van der Waals surface area (Å²) in [5.41, 5.74) is 4.89. The Morgan fingerprint density at radius 2 is 1.84 bits per heavy atom. The van der Waals surface area contributed by atoms with Gasteiger partial charge in [-0.05, 0) is 106 Å². The van der Waals surface area contributed by atoms with E-state index in [4.69, 9.17) is 16.1 Å². The Morgan fingerprint density at radius 1 is 1.08 bits per heavy atom. The molecule has 3 aliphatic rings. The summed E-state index contributed by atoms with van der Waals surface area (Å²) in [7, 11) is 0. The quantitative estimate of drug-likeness (QED) is 0.299. The van der Waals surface area contributed by atoms with Crippen molar-refractivity contribution < 1.29 is 17.7 Å². The molecule has 3 saturated carbocycles. The van der Waals surface area contributed by atoms with Crippen molar-refractivity contribution in [1.82, 2.24) is 10.1 Å². The van der Waals surface area contributed by atoms with E-state index in [1.807, 2.05) is 13.0 Å². The number of aromatic nitrogens is 2. The number of rotatable bonds is 7. The van der Waals surface area contributed by atoms with Crippen LogP contribution in [0.25, 0.3) is 17.3 Å². The highest BCUT2D eigenvalue weighted by Gasteiger charge is 2.52. The third-order valence-electron chi connectivity index (χ3n) is 9.08. The SMILES string of the molecule is Cc1cc(CCC23CCC(/C=C/c4c(-c5c(C)cncc5Cl)noc4C4CC4)(CC2)C3)cc(C(F)(F)F)c1. The normalized spacial score (nSPS) is 25.1. The maximum Gasteiger partial charge on any atom is 0.416 e. The number of alkyl halides is 3. The molecule has 0 aliphatic heterocycles. The van der Waals surface area contributed by atoms with E-state index in [1.165, 1.54) is 12.1 Å². The minimum Gasteiger partial charge on any atom is -0.360 e. The number of nitrogens with zero attached hydrogens (tertiary/aromatic N) is 2. The molecule has 0 N–H and O–H groups in total. The average Bonchev–Trinajstić information content (AvgIpc) is 3.38. The van der Waals surface area contributed by atoms with Crippen LogP contribution in [-0.2, 0) is 12.6 Å². The molecule has 0 saturated heterocycles. The van der Waals surface area contributed by atoms with Crippen LogP contribution >= 0.6 is 11.6 Å². The predicted octanol–water partition coefficient (Wildman–Crippen LogP) is 9.50. The molecule has 2 bridgehead atoms. The average molecular weight is 541 g/mol. The second-order valence-electron chi connectivity index (χ2n) is 12.0. The molecule has 2 aromatic heterocycles. The standard InChI is InChI=1S/C31H32ClF3N2O/c1-19-13-21(15-23(14-19)31(33,34)35)5-7-29-9-11-30(18-29,12-10-29)8-6-24-27(37-38-28(24)22-3-4-22)26-20(2)16-36-17-25(26)32/h6,8,13-17,22H,3-5,7,9-12,18H2,1-2H3/b8-6+. The minimum atomic E-state index is -4.31. The van der Waals surface area contributed by atoms with E-state index < -0.39 is 11.7 Å². The summed E-state index contributed by atoms with van der Waals surface area (Å²) >= 11 is 6.55. The smallest absolute Gasteiger partial charge is 0.360 e. The fourth-order valence-electron chi connectivity index (χ4n) is 6.91. The molecule has 0 amide bonds. The topological polar surface area (TPSA) is 38.9 Å². The van der Waals surface area contributed by atoms with Crippen LogP contribution in [0, 0.1) is 24.7 Å². The number of pyridine rings is 1. The van der Waals surface area contributed by atoms with Gasteiger partial charge in [0.25, 0.3) is 0 Å². The van der Waals surface area contributed by atoms with Gasteiger partial charge in [-0.15, -0.1) is 0 Å². The molecule has 0 spiro atoms.